The molecule has 0 aliphatic rings. The summed E-state index contributed by atoms with van der Waals surface area (Å²) in [5.41, 5.74) is 0.296. The Hall–Kier alpha value is -2.29. The minimum atomic E-state index is -4.42. The zero-order valence-corrected chi connectivity index (χ0v) is 13.8. The van der Waals surface area contributed by atoms with Gasteiger partial charge in [0.15, 0.2) is 0 Å². The van der Waals surface area contributed by atoms with Gasteiger partial charge in [0.2, 0.25) is 0 Å². The monoisotopic (exact) mass is 359 g/mol. The first-order valence-corrected chi connectivity index (χ1v) is 7.82. The maximum atomic E-state index is 12.6. The van der Waals surface area contributed by atoms with Crippen LogP contribution >= 0.6 is 11.5 Å². The molecule has 2 N–H and O–H groups in total. The van der Waals surface area contributed by atoms with Crippen molar-refractivity contribution in [2.45, 2.75) is 13.1 Å². The number of anilines is 1. The zero-order valence-electron chi connectivity index (χ0n) is 13.0. The number of carbonyl (C=O) groups excluding carboxylic acids is 1. The van der Waals surface area contributed by atoms with E-state index in [1.165, 1.54) is 23.7 Å². The Kier molecular flexibility index (Phi) is 5.66. The lowest BCUT2D eigenvalue weighted by Crippen LogP contribution is -2.28. The molecule has 24 heavy (non-hydrogen) atoms. The minimum absolute atomic E-state index is 0.0541. The highest BCUT2D eigenvalue weighted by molar-refractivity contribution is 7.10. The van der Waals surface area contributed by atoms with E-state index in [1.807, 2.05) is 0 Å². The first-order valence-electron chi connectivity index (χ1n) is 7.05. The second-order valence-corrected chi connectivity index (χ2v) is 5.63. The van der Waals surface area contributed by atoms with Crippen molar-refractivity contribution >= 4 is 22.4 Å². The lowest BCUT2D eigenvalue weighted by Gasteiger charge is -2.11. The van der Waals surface area contributed by atoms with E-state index in [9.17, 15) is 18.0 Å². The molecule has 0 radical (unpaired) electrons. The summed E-state index contributed by atoms with van der Waals surface area (Å²) in [6.07, 6.45) is -4.42. The summed E-state index contributed by atoms with van der Waals surface area (Å²) in [6, 6.07) is 4.60. The SMILES string of the molecule is CNc1snc(C)c1C(=O)NCCOc1cccc(C(F)(F)F)c1. The van der Waals surface area contributed by atoms with Crippen molar-refractivity contribution < 1.29 is 22.7 Å². The number of aromatic nitrogens is 1. The first-order chi connectivity index (χ1) is 11.3. The summed E-state index contributed by atoms with van der Waals surface area (Å²) >= 11 is 1.18. The second kappa shape index (κ2) is 7.52. The predicted octanol–water partition coefficient (Wildman–Crippen LogP) is 3.32. The molecular formula is C15H16F3N3O2S. The van der Waals surface area contributed by atoms with Gasteiger partial charge in [-0.25, -0.2) is 0 Å². The summed E-state index contributed by atoms with van der Waals surface area (Å²) in [5, 5.41) is 6.20. The van der Waals surface area contributed by atoms with Crippen molar-refractivity contribution in [2.75, 3.05) is 25.5 Å². The molecule has 1 aromatic heterocycles. The number of benzene rings is 1. The van der Waals surface area contributed by atoms with Gasteiger partial charge < -0.3 is 15.4 Å². The van der Waals surface area contributed by atoms with Crippen LogP contribution < -0.4 is 15.4 Å². The van der Waals surface area contributed by atoms with Crippen LogP contribution in [-0.4, -0.2) is 30.5 Å². The molecule has 0 aliphatic heterocycles. The number of alkyl halides is 3. The molecule has 0 spiro atoms. The highest BCUT2D eigenvalue weighted by Gasteiger charge is 2.30. The van der Waals surface area contributed by atoms with Crippen LogP contribution in [0.25, 0.3) is 0 Å². The van der Waals surface area contributed by atoms with Gasteiger partial charge in [-0.05, 0) is 36.7 Å². The molecule has 0 saturated heterocycles. The molecule has 0 aliphatic carbocycles. The molecule has 5 nitrogen and oxygen atoms in total. The van der Waals surface area contributed by atoms with Gasteiger partial charge in [-0.2, -0.15) is 17.5 Å². The Balaban J connectivity index is 1.87. The normalized spacial score (nSPS) is 11.2. The Labute approximate surface area is 141 Å². The van der Waals surface area contributed by atoms with Crippen molar-refractivity contribution in [3.63, 3.8) is 0 Å². The Morgan fingerprint density at radius 3 is 2.79 bits per heavy atom. The third-order valence-corrected chi connectivity index (χ3v) is 4.09. The van der Waals surface area contributed by atoms with E-state index in [4.69, 9.17) is 4.74 Å². The second-order valence-electron chi connectivity index (χ2n) is 4.85. The molecule has 0 unspecified atom stereocenters. The summed E-state index contributed by atoms with van der Waals surface area (Å²) in [7, 11) is 1.69. The number of nitrogens with one attached hydrogen (secondary N) is 2. The molecule has 1 heterocycles. The number of halogens is 3. The zero-order chi connectivity index (χ0) is 17.7. The maximum Gasteiger partial charge on any atom is 0.416 e. The Bertz CT molecular complexity index is 716. The number of carbonyl (C=O) groups is 1. The molecule has 0 saturated carbocycles. The topological polar surface area (TPSA) is 63.2 Å². The fourth-order valence-electron chi connectivity index (χ4n) is 1.99. The van der Waals surface area contributed by atoms with E-state index in [2.05, 4.69) is 15.0 Å². The first kappa shape index (κ1) is 18.1. The highest BCUT2D eigenvalue weighted by Crippen LogP contribution is 2.31. The van der Waals surface area contributed by atoms with Crippen molar-refractivity contribution in [1.29, 1.82) is 0 Å². The predicted molar refractivity (Wildman–Crippen MR) is 85.7 cm³/mol. The van der Waals surface area contributed by atoms with E-state index >= 15 is 0 Å². The van der Waals surface area contributed by atoms with Crippen LogP contribution in [-0.2, 0) is 6.18 Å². The molecule has 0 atom stereocenters. The van der Waals surface area contributed by atoms with Crippen LogP contribution in [0.4, 0.5) is 18.2 Å². The van der Waals surface area contributed by atoms with Gasteiger partial charge in [0.05, 0.1) is 23.4 Å². The van der Waals surface area contributed by atoms with Gasteiger partial charge in [0.25, 0.3) is 5.91 Å². The Morgan fingerprint density at radius 2 is 2.12 bits per heavy atom. The van der Waals surface area contributed by atoms with Crippen molar-refractivity contribution in [3.05, 3.63) is 41.1 Å². The summed E-state index contributed by atoms with van der Waals surface area (Å²) < 4.78 is 47.2. The maximum absolute atomic E-state index is 12.6. The number of amides is 1. The molecule has 2 rings (SSSR count). The van der Waals surface area contributed by atoms with Crippen LogP contribution in [0.15, 0.2) is 24.3 Å². The smallest absolute Gasteiger partial charge is 0.416 e. The average Bonchev–Trinajstić information content (AvgIpc) is 2.92. The standard InChI is InChI=1S/C15H16F3N3O2S/c1-9-12(14(19-2)24-21-9)13(22)20-6-7-23-11-5-3-4-10(8-11)15(16,17)18/h3-5,8,19H,6-7H2,1-2H3,(H,20,22). The van der Waals surface area contributed by atoms with Crippen LogP contribution in [0.1, 0.15) is 21.6 Å². The van der Waals surface area contributed by atoms with Gasteiger partial charge in [-0.15, -0.1) is 0 Å². The fourth-order valence-corrected chi connectivity index (χ4v) is 2.73. The minimum Gasteiger partial charge on any atom is -0.492 e. The molecule has 130 valence electrons. The quantitative estimate of drug-likeness (QED) is 0.777. The van der Waals surface area contributed by atoms with Crippen molar-refractivity contribution in [2.24, 2.45) is 0 Å². The fraction of sp³-hybridized carbons (Fsp3) is 0.333. The molecule has 9 heteroatoms. The lowest BCUT2D eigenvalue weighted by molar-refractivity contribution is -0.137. The van der Waals surface area contributed by atoms with Gasteiger partial charge in [0.1, 0.15) is 17.4 Å². The highest BCUT2D eigenvalue weighted by atomic mass is 32.1. The largest absolute Gasteiger partial charge is 0.492 e. The number of rotatable bonds is 6. The van der Waals surface area contributed by atoms with Crippen LogP contribution in [0.5, 0.6) is 5.75 Å². The number of hydrogen-bond acceptors (Lipinski definition) is 5. The summed E-state index contributed by atoms with van der Waals surface area (Å²) in [4.78, 5) is 12.1. The number of nitrogens with zero attached hydrogens (tertiary/aromatic N) is 1. The lowest BCUT2D eigenvalue weighted by atomic mass is 10.2. The molecule has 1 aromatic carbocycles. The molecule has 0 bridgehead atoms. The summed E-state index contributed by atoms with van der Waals surface area (Å²) in [6.45, 7) is 1.94. The molecular weight excluding hydrogens is 343 g/mol. The number of aryl methyl sites for hydroxylation is 1. The van der Waals surface area contributed by atoms with Gasteiger partial charge >= 0.3 is 6.18 Å². The number of ether oxygens (including phenoxy) is 1. The van der Waals surface area contributed by atoms with Crippen LogP contribution in [0, 0.1) is 6.92 Å². The van der Waals surface area contributed by atoms with E-state index < -0.39 is 11.7 Å². The molecule has 0 fully saturated rings. The van der Waals surface area contributed by atoms with E-state index in [1.54, 1.807) is 14.0 Å². The van der Waals surface area contributed by atoms with Gasteiger partial charge in [-0.3, -0.25) is 4.79 Å². The van der Waals surface area contributed by atoms with Crippen molar-refractivity contribution in [3.8, 4) is 5.75 Å². The average molecular weight is 359 g/mol. The molecule has 1 amide bonds. The third-order valence-electron chi connectivity index (χ3n) is 3.13. The van der Waals surface area contributed by atoms with E-state index in [-0.39, 0.29) is 24.8 Å². The van der Waals surface area contributed by atoms with Crippen molar-refractivity contribution in [1.82, 2.24) is 9.69 Å². The molecule has 2 aromatic rings. The Morgan fingerprint density at radius 1 is 1.38 bits per heavy atom. The van der Waals surface area contributed by atoms with Gasteiger partial charge in [0, 0.05) is 7.05 Å². The van der Waals surface area contributed by atoms with Crippen LogP contribution in [0.3, 0.4) is 0 Å². The van der Waals surface area contributed by atoms with Gasteiger partial charge in [-0.1, -0.05) is 6.07 Å². The van der Waals surface area contributed by atoms with E-state index in [0.29, 0.717) is 16.3 Å². The summed E-state index contributed by atoms with van der Waals surface area (Å²) in [5.74, 6) is -0.207. The van der Waals surface area contributed by atoms with E-state index in [0.717, 1.165) is 12.1 Å². The third kappa shape index (κ3) is 4.38. The van der Waals surface area contributed by atoms with Crippen LogP contribution in [0.2, 0.25) is 0 Å². The number of hydrogen-bond donors (Lipinski definition) is 2.